The van der Waals surface area contributed by atoms with E-state index in [2.05, 4.69) is 0 Å². The summed E-state index contributed by atoms with van der Waals surface area (Å²) in [6.45, 7) is 1.38. The van der Waals surface area contributed by atoms with Gasteiger partial charge in [0.05, 0.1) is 10.5 Å². The fourth-order valence-corrected chi connectivity index (χ4v) is 2.64. The van der Waals surface area contributed by atoms with Crippen molar-refractivity contribution in [1.82, 2.24) is 0 Å². The molecule has 1 aromatic rings. The average molecular weight is 282 g/mol. The molecule has 0 saturated heterocycles. The molecule has 1 N–H and O–H groups in total. The van der Waals surface area contributed by atoms with Crippen LogP contribution in [0, 0.1) is 6.92 Å². The van der Waals surface area contributed by atoms with Crippen molar-refractivity contribution in [2.24, 2.45) is 0 Å². The Kier molecular flexibility index (Phi) is 3.70. The number of carbonyl (C=O) groups is 1. The van der Waals surface area contributed by atoms with E-state index in [9.17, 15) is 26.4 Å². The summed E-state index contributed by atoms with van der Waals surface area (Å²) < 4.78 is 61.1. The first-order valence-corrected chi connectivity index (χ1v) is 6.31. The van der Waals surface area contributed by atoms with Crippen LogP contribution in [0.1, 0.15) is 11.1 Å². The molecule has 18 heavy (non-hydrogen) atoms. The molecular weight excluding hydrogens is 273 g/mol. The number of benzene rings is 1. The van der Waals surface area contributed by atoms with Gasteiger partial charge in [0.15, 0.2) is 15.6 Å². The highest BCUT2D eigenvalue weighted by Gasteiger charge is 2.37. The average Bonchev–Trinajstić information content (AvgIpc) is 2.13. The predicted octanol–water partition coefficient (Wildman–Crippen LogP) is 1.87. The summed E-state index contributed by atoms with van der Waals surface area (Å²) in [6.07, 6.45) is -4.85. The van der Waals surface area contributed by atoms with E-state index < -0.39 is 38.2 Å². The lowest BCUT2D eigenvalue weighted by Crippen LogP contribution is -2.20. The molecule has 0 unspecified atom stereocenters. The van der Waals surface area contributed by atoms with Gasteiger partial charge < -0.3 is 5.11 Å². The van der Waals surface area contributed by atoms with Crippen molar-refractivity contribution in [3.05, 3.63) is 29.3 Å². The molecule has 0 heterocycles. The van der Waals surface area contributed by atoms with Crippen molar-refractivity contribution in [3.8, 4) is 0 Å². The molecule has 0 bridgehead atoms. The second-order valence-electron chi connectivity index (χ2n) is 3.65. The Morgan fingerprint density at radius 3 is 2.33 bits per heavy atom. The van der Waals surface area contributed by atoms with Gasteiger partial charge in [0.25, 0.3) is 0 Å². The van der Waals surface area contributed by atoms with Crippen molar-refractivity contribution in [3.63, 3.8) is 0 Å². The van der Waals surface area contributed by atoms with Crippen LogP contribution in [0.15, 0.2) is 23.1 Å². The summed E-state index contributed by atoms with van der Waals surface area (Å²) in [4.78, 5) is 9.34. The number of aliphatic carboxylic acids is 1. The van der Waals surface area contributed by atoms with E-state index in [4.69, 9.17) is 5.11 Å². The molecule has 0 amide bonds. The summed E-state index contributed by atoms with van der Waals surface area (Å²) in [5.74, 6) is -3.08. The van der Waals surface area contributed by atoms with Crippen LogP contribution in [-0.2, 0) is 20.8 Å². The van der Waals surface area contributed by atoms with Crippen LogP contribution < -0.4 is 0 Å². The van der Waals surface area contributed by atoms with Crippen molar-refractivity contribution < 1.29 is 31.5 Å². The third kappa shape index (κ3) is 3.22. The van der Waals surface area contributed by atoms with Gasteiger partial charge in [0, 0.05) is 0 Å². The van der Waals surface area contributed by atoms with Gasteiger partial charge in [0.2, 0.25) is 0 Å². The van der Waals surface area contributed by atoms with Crippen molar-refractivity contribution in [1.29, 1.82) is 0 Å². The van der Waals surface area contributed by atoms with E-state index in [-0.39, 0.29) is 5.56 Å². The minimum Gasteiger partial charge on any atom is -0.480 e. The minimum absolute atomic E-state index is 0.233. The first-order chi connectivity index (χ1) is 8.04. The van der Waals surface area contributed by atoms with Gasteiger partial charge in [-0.2, -0.15) is 13.2 Å². The van der Waals surface area contributed by atoms with Gasteiger partial charge in [-0.15, -0.1) is 0 Å². The number of hydrogen-bond acceptors (Lipinski definition) is 3. The smallest absolute Gasteiger partial charge is 0.417 e. The molecular formula is C10H9F3O4S. The molecule has 1 rings (SSSR count). The Labute approximate surface area is 101 Å². The zero-order chi connectivity index (χ0) is 14.1. The van der Waals surface area contributed by atoms with Crippen LogP contribution in [-0.4, -0.2) is 25.2 Å². The summed E-state index contributed by atoms with van der Waals surface area (Å²) >= 11 is 0. The zero-order valence-electron chi connectivity index (χ0n) is 9.15. The lowest BCUT2D eigenvalue weighted by atomic mass is 10.1. The number of hydrogen-bond donors (Lipinski definition) is 1. The number of carboxylic acids is 1. The fraction of sp³-hybridized carbons (Fsp3) is 0.300. The van der Waals surface area contributed by atoms with E-state index in [1.165, 1.54) is 13.0 Å². The number of rotatable bonds is 3. The SMILES string of the molecule is Cc1ccc(S(=O)(=O)CC(=O)O)c(C(F)(F)F)c1. The maximum absolute atomic E-state index is 12.7. The highest BCUT2D eigenvalue weighted by Crippen LogP contribution is 2.35. The van der Waals surface area contributed by atoms with Crippen molar-refractivity contribution in [2.75, 3.05) is 5.75 Å². The van der Waals surface area contributed by atoms with Crippen LogP contribution in [0.4, 0.5) is 13.2 Å². The normalized spacial score (nSPS) is 12.4. The third-order valence-electron chi connectivity index (χ3n) is 2.09. The van der Waals surface area contributed by atoms with Gasteiger partial charge in [-0.25, -0.2) is 8.42 Å². The largest absolute Gasteiger partial charge is 0.480 e. The van der Waals surface area contributed by atoms with Crippen molar-refractivity contribution in [2.45, 2.75) is 18.0 Å². The molecule has 0 aliphatic heterocycles. The topological polar surface area (TPSA) is 71.4 Å². The monoisotopic (exact) mass is 282 g/mol. The quantitative estimate of drug-likeness (QED) is 0.918. The van der Waals surface area contributed by atoms with Crippen LogP contribution >= 0.6 is 0 Å². The van der Waals surface area contributed by atoms with Gasteiger partial charge in [-0.3, -0.25) is 4.79 Å². The minimum atomic E-state index is -4.85. The van der Waals surface area contributed by atoms with E-state index in [0.717, 1.165) is 6.07 Å². The van der Waals surface area contributed by atoms with Crippen LogP contribution in [0.3, 0.4) is 0 Å². The van der Waals surface area contributed by atoms with E-state index in [1.807, 2.05) is 0 Å². The molecule has 0 spiro atoms. The first kappa shape index (κ1) is 14.5. The standard InChI is InChI=1S/C10H9F3O4S/c1-6-2-3-8(7(4-6)10(11,12)13)18(16,17)5-9(14)15/h2-4H,5H2,1H3,(H,14,15). The van der Waals surface area contributed by atoms with Gasteiger partial charge in [-0.05, 0) is 19.1 Å². The summed E-state index contributed by atoms with van der Waals surface area (Å²) in [5.41, 5.74) is -1.11. The molecule has 8 heteroatoms. The molecule has 0 atom stereocenters. The van der Waals surface area contributed by atoms with Crippen LogP contribution in [0.5, 0.6) is 0 Å². The Morgan fingerprint density at radius 1 is 1.33 bits per heavy atom. The van der Waals surface area contributed by atoms with Crippen molar-refractivity contribution >= 4 is 15.8 Å². The second-order valence-corrected chi connectivity index (χ2v) is 5.61. The van der Waals surface area contributed by atoms with E-state index in [0.29, 0.717) is 6.07 Å². The first-order valence-electron chi connectivity index (χ1n) is 4.66. The van der Waals surface area contributed by atoms with Crippen LogP contribution in [0.2, 0.25) is 0 Å². The van der Waals surface area contributed by atoms with Gasteiger partial charge in [-0.1, -0.05) is 11.6 Å². The lowest BCUT2D eigenvalue weighted by Gasteiger charge is -2.13. The molecule has 4 nitrogen and oxygen atoms in total. The molecule has 0 saturated carbocycles. The predicted molar refractivity (Wildman–Crippen MR) is 55.9 cm³/mol. The summed E-state index contributed by atoms with van der Waals surface area (Å²) in [7, 11) is -4.51. The molecule has 0 aliphatic rings. The number of sulfone groups is 1. The maximum Gasteiger partial charge on any atom is 0.417 e. The highest BCUT2D eigenvalue weighted by molar-refractivity contribution is 7.92. The second kappa shape index (κ2) is 4.60. The Balaban J connectivity index is 3.47. The Morgan fingerprint density at radius 2 is 1.89 bits per heavy atom. The number of halogens is 3. The molecule has 100 valence electrons. The molecule has 0 aliphatic carbocycles. The van der Waals surface area contributed by atoms with Gasteiger partial charge in [0.1, 0.15) is 0 Å². The molecule has 1 aromatic carbocycles. The van der Waals surface area contributed by atoms with E-state index >= 15 is 0 Å². The molecule has 0 radical (unpaired) electrons. The zero-order valence-corrected chi connectivity index (χ0v) is 9.97. The fourth-order valence-electron chi connectivity index (χ4n) is 1.38. The Hall–Kier alpha value is -1.57. The molecule has 0 aromatic heterocycles. The summed E-state index contributed by atoms with van der Waals surface area (Å²) in [6, 6.07) is 2.63. The van der Waals surface area contributed by atoms with E-state index in [1.54, 1.807) is 0 Å². The van der Waals surface area contributed by atoms with Crippen LogP contribution in [0.25, 0.3) is 0 Å². The highest BCUT2D eigenvalue weighted by atomic mass is 32.2. The van der Waals surface area contributed by atoms with Gasteiger partial charge >= 0.3 is 12.1 Å². The number of carboxylic acid groups (broad SMARTS) is 1. The number of aryl methyl sites for hydroxylation is 1. The molecule has 0 fully saturated rings. The number of alkyl halides is 3. The lowest BCUT2D eigenvalue weighted by molar-refractivity contribution is -0.140. The maximum atomic E-state index is 12.7. The summed E-state index contributed by atoms with van der Waals surface area (Å²) in [5, 5.41) is 8.40. The third-order valence-corrected chi connectivity index (χ3v) is 3.74. The Bertz CT molecular complexity index is 575.